The summed E-state index contributed by atoms with van der Waals surface area (Å²) in [5.41, 5.74) is 1.30. The Balaban J connectivity index is 1.71. The van der Waals surface area contributed by atoms with Crippen molar-refractivity contribution in [1.82, 2.24) is 0 Å². The lowest BCUT2D eigenvalue weighted by Gasteiger charge is -2.05. The molecule has 1 N–H and O–H groups in total. The van der Waals surface area contributed by atoms with Gasteiger partial charge in [-0.25, -0.2) is 4.79 Å². The van der Waals surface area contributed by atoms with Gasteiger partial charge in [-0.1, -0.05) is 60.1 Å². The zero-order valence-corrected chi connectivity index (χ0v) is 17.8. The molecule has 2 aromatic heterocycles. The van der Waals surface area contributed by atoms with E-state index in [0.717, 1.165) is 20.5 Å². The van der Waals surface area contributed by atoms with Crippen LogP contribution in [-0.4, -0.2) is 18.5 Å². The first-order valence-corrected chi connectivity index (χ1v) is 10.9. The number of hydrogen-bond donors (Lipinski definition) is 1. The average Bonchev–Trinajstić information content (AvgIpc) is 3.31. The predicted molar refractivity (Wildman–Crippen MR) is 120 cm³/mol. The first kappa shape index (κ1) is 19.6. The number of hydrogen-bond acceptors (Lipinski definition) is 5. The van der Waals surface area contributed by atoms with Gasteiger partial charge in [0.05, 0.1) is 17.2 Å². The summed E-state index contributed by atoms with van der Waals surface area (Å²) in [4.78, 5) is 26.7. The number of carbonyl (C=O) groups is 2. The van der Waals surface area contributed by atoms with Crippen LogP contribution in [0.25, 0.3) is 20.5 Å². The van der Waals surface area contributed by atoms with Crippen molar-refractivity contribution in [2.75, 3.05) is 11.9 Å². The van der Waals surface area contributed by atoms with Crippen molar-refractivity contribution in [2.24, 2.45) is 0 Å². The third-order valence-corrected chi connectivity index (χ3v) is 7.03. The smallest absolute Gasteiger partial charge is 0.341 e. The van der Waals surface area contributed by atoms with Crippen LogP contribution in [0.5, 0.6) is 0 Å². The number of esters is 1. The van der Waals surface area contributed by atoms with Gasteiger partial charge in [-0.2, -0.15) is 0 Å². The van der Waals surface area contributed by atoms with Gasteiger partial charge in [0, 0.05) is 15.0 Å². The number of anilines is 1. The van der Waals surface area contributed by atoms with Crippen LogP contribution in [0.1, 0.15) is 27.0 Å². The molecule has 0 aliphatic heterocycles. The summed E-state index contributed by atoms with van der Waals surface area (Å²) in [6.45, 7) is 2.00. The zero-order chi connectivity index (χ0) is 20.4. The number of nitrogens with one attached hydrogen (secondary N) is 1. The van der Waals surface area contributed by atoms with Gasteiger partial charge in [0.15, 0.2) is 0 Å². The van der Waals surface area contributed by atoms with E-state index in [1.807, 2.05) is 54.6 Å². The average molecular weight is 442 g/mol. The molecule has 2 heterocycles. The Morgan fingerprint density at radius 2 is 1.76 bits per heavy atom. The zero-order valence-electron chi connectivity index (χ0n) is 15.4. The maximum atomic E-state index is 13.0. The van der Waals surface area contributed by atoms with Gasteiger partial charge >= 0.3 is 5.97 Å². The molecule has 0 radical (unpaired) electrons. The number of benzene rings is 2. The highest BCUT2D eigenvalue weighted by Gasteiger charge is 2.23. The van der Waals surface area contributed by atoms with Crippen molar-refractivity contribution < 1.29 is 14.3 Å². The van der Waals surface area contributed by atoms with E-state index < -0.39 is 5.97 Å². The van der Waals surface area contributed by atoms with Crippen LogP contribution in [-0.2, 0) is 4.74 Å². The van der Waals surface area contributed by atoms with Crippen molar-refractivity contribution in [3.8, 4) is 10.4 Å². The van der Waals surface area contributed by atoms with Crippen molar-refractivity contribution >= 4 is 61.2 Å². The van der Waals surface area contributed by atoms with Crippen LogP contribution in [0.3, 0.4) is 0 Å². The second-order valence-corrected chi connectivity index (χ2v) is 8.62. The van der Waals surface area contributed by atoms with Crippen molar-refractivity contribution in [2.45, 2.75) is 6.92 Å². The molecule has 0 fully saturated rings. The molecule has 0 unspecified atom stereocenters. The van der Waals surface area contributed by atoms with E-state index in [9.17, 15) is 9.59 Å². The quantitative estimate of drug-likeness (QED) is 0.350. The summed E-state index contributed by atoms with van der Waals surface area (Å²) in [6, 6.07) is 19.0. The van der Waals surface area contributed by atoms with Crippen molar-refractivity contribution in [3.63, 3.8) is 0 Å². The molecular weight excluding hydrogens is 426 g/mol. The van der Waals surface area contributed by atoms with Gasteiger partial charge in [-0.3, -0.25) is 4.79 Å². The van der Waals surface area contributed by atoms with Crippen molar-refractivity contribution in [3.05, 3.63) is 76.1 Å². The lowest BCUT2D eigenvalue weighted by Crippen LogP contribution is -2.13. The summed E-state index contributed by atoms with van der Waals surface area (Å²) in [5.74, 6) is -0.813. The molecule has 0 saturated heterocycles. The molecule has 0 saturated carbocycles. The first-order chi connectivity index (χ1) is 14.1. The molecule has 4 nitrogen and oxygen atoms in total. The lowest BCUT2D eigenvalue weighted by molar-refractivity contribution is 0.0528. The summed E-state index contributed by atoms with van der Waals surface area (Å²) in [7, 11) is 0. The Morgan fingerprint density at radius 3 is 2.48 bits per heavy atom. The highest BCUT2D eigenvalue weighted by atomic mass is 35.5. The molecule has 0 bridgehead atoms. The fourth-order valence-corrected chi connectivity index (χ4v) is 5.37. The Labute approximate surface area is 180 Å². The number of amides is 1. The van der Waals surface area contributed by atoms with Crippen molar-refractivity contribution in [1.29, 1.82) is 0 Å². The van der Waals surface area contributed by atoms with E-state index in [2.05, 4.69) is 5.32 Å². The Hall–Kier alpha value is -2.67. The summed E-state index contributed by atoms with van der Waals surface area (Å²) in [6.07, 6.45) is 0. The number of ether oxygens (including phenoxy) is 1. The Kier molecular flexibility index (Phi) is 5.67. The monoisotopic (exact) mass is 441 g/mol. The molecule has 0 aliphatic rings. The third-order valence-electron chi connectivity index (χ3n) is 4.25. The van der Waals surface area contributed by atoms with Gasteiger partial charge < -0.3 is 10.1 Å². The van der Waals surface area contributed by atoms with Crippen LogP contribution in [0.4, 0.5) is 5.00 Å². The molecular formula is C22H16ClNO3S2. The molecule has 4 aromatic rings. The minimum Gasteiger partial charge on any atom is -0.462 e. The minimum atomic E-state index is -0.469. The third kappa shape index (κ3) is 3.92. The summed E-state index contributed by atoms with van der Waals surface area (Å²) in [5, 5.41) is 4.56. The highest BCUT2D eigenvalue weighted by Crippen LogP contribution is 2.39. The van der Waals surface area contributed by atoms with E-state index in [1.54, 1.807) is 13.0 Å². The first-order valence-electron chi connectivity index (χ1n) is 8.93. The van der Waals surface area contributed by atoms with Gasteiger partial charge in [-0.05, 0) is 24.6 Å². The SMILES string of the molecule is CCOC(=O)c1cc(-c2ccccc2)sc1NC(=O)c1sc2ccccc2c1Cl. The maximum absolute atomic E-state index is 13.0. The van der Waals surface area contributed by atoms with E-state index >= 15 is 0 Å². The molecule has 7 heteroatoms. The normalized spacial score (nSPS) is 10.8. The largest absolute Gasteiger partial charge is 0.462 e. The lowest BCUT2D eigenvalue weighted by atomic mass is 10.1. The maximum Gasteiger partial charge on any atom is 0.341 e. The number of fused-ring (bicyclic) bond motifs is 1. The van der Waals surface area contributed by atoms with E-state index in [4.69, 9.17) is 16.3 Å². The number of carbonyl (C=O) groups excluding carboxylic acids is 2. The van der Waals surface area contributed by atoms with Gasteiger partial charge in [-0.15, -0.1) is 22.7 Å². The van der Waals surface area contributed by atoms with Crippen LogP contribution in [0.2, 0.25) is 5.02 Å². The molecule has 0 spiro atoms. The molecule has 4 rings (SSSR count). The summed E-state index contributed by atoms with van der Waals surface area (Å²) >= 11 is 9.09. The number of thiophene rings is 2. The van der Waals surface area contributed by atoms with Crippen LogP contribution in [0.15, 0.2) is 60.7 Å². The predicted octanol–water partition coefficient (Wildman–Crippen LogP) is 6.71. The van der Waals surface area contributed by atoms with E-state index in [1.165, 1.54) is 22.7 Å². The molecule has 2 aromatic carbocycles. The number of rotatable bonds is 5. The summed E-state index contributed by atoms with van der Waals surface area (Å²) < 4.78 is 6.10. The standard InChI is InChI=1S/C22H16ClNO3S2/c1-2-27-22(26)15-12-17(13-8-4-3-5-9-13)29-21(15)24-20(25)19-18(23)14-10-6-7-11-16(14)28-19/h3-12H,2H2,1H3,(H,24,25). The molecule has 0 atom stereocenters. The molecule has 1 amide bonds. The van der Waals surface area contributed by atoms with Gasteiger partial charge in [0.25, 0.3) is 5.91 Å². The topological polar surface area (TPSA) is 55.4 Å². The molecule has 146 valence electrons. The number of halogens is 1. The fraction of sp³-hybridized carbons (Fsp3) is 0.0909. The van der Waals surface area contributed by atoms with E-state index in [0.29, 0.717) is 20.5 Å². The molecule has 29 heavy (non-hydrogen) atoms. The Morgan fingerprint density at radius 1 is 1.03 bits per heavy atom. The van der Waals surface area contributed by atoms with Crippen LogP contribution < -0.4 is 5.32 Å². The van der Waals surface area contributed by atoms with Crippen LogP contribution in [0, 0.1) is 0 Å². The molecule has 0 aliphatic carbocycles. The Bertz CT molecular complexity index is 1200. The second kappa shape index (κ2) is 8.37. The van der Waals surface area contributed by atoms with Gasteiger partial charge in [0.1, 0.15) is 9.88 Å². The minimum absolute atomic E-state index is 0.255. The fourth-order valence-electron chi connectivity index (χ4n) is 2.91. The van der Waals surface area contributed by atoms with Crippen LogP contribution >= 0.6 is 34.3 Å². The van der Waals surface area contributed by atoms with Gasteiger partial charge in [0.2, 0.25) is 0 Å². The highest BCUT2D eigenvalue weighted by molar-refractivity contribution is 7.22. The van der Waals surface area contributed by atoms with E-state index in [-0.39, 0.29) is 12.5 Å². The second-order valence-electron chi connectivity index (χ2n) is 6.14.